The maximum atomic E-state index is 11.4. The van der Waals surface area contributed by atoms with Crippen LogP contribution < -0.4 is 11.1 Å². The zero-order chi connectivity index (χ0) is 14.8. The first kappa shape index (κ1) is 13.4. The lowest BCUT2D eigenvalue weighted by Crippen LogP contribution is -2.34. The molecule has 1 aliphatic rings. The van der Waals surface area contributed by atoms with E-state index in [1.54, 1.807) is 6.07 Å². The Morgan fingerprint density at radius 2 is 2.19 bits per heavy atom. The van der Waals surface area contributed by atoms with Crippen molar-refractivity contribution in [2.45, 2.75) is 25.3 Å². The van der Waals surface area contributed by atoms with Gasteiger partial charge in [-0.15, -0.1) is 0 Å². The van der Waals surface area contributed by atoms with Crippen LogP contribution in [0.15, 0.2) is 30.3 Å². The second-order valence-electron chi connectivity index (χ2n) is 5.41. The van der Waals surface area contributed by atoms with Gasteiger partial charge < -0.3 is 11.1 Å². The van der Waals surface area contributed by atoms with Crippen LogP contribution >= 0.6 is 0 Å². The third kappa shape index (κ3) is 2.65. The first-order valence-electron chi connectivity index (χ1n) is 7.04. The molecule has 0 aliphatic heterocycles. The predicted octanol–water partition coefficient (Wildman–Crippen LogP) is 2.17. The van der Waals surface area contributed by atoms with E-state index in [1.165, 1.54) is 0 Å². The number of hydrogen-bond donors (Lipinski definition) is 2. The van der Waals surface area contributed by atoms with Crippen LogP contribution in [0.25, 0.3) is 10.9 Å². The van der Waals surface area contributed by atoms with Gasteiger partial charge in [0.25, 0.3) is 0 Å². The van der Waals surface area contributed by atoms with Gasteiger partial charge in [-0.2, -0.15) is 5.26 Å². The number of hydrogen-bond acceptors (Lipinski definition) is 4. The molecule has 1 aliphatic carbocycles. The summed E-state index contributed by atoms with van der Waals surface area (Å²) in [5, 5.41) is 13.1. The number of benzene rings is 1. The molecule has 0 saturated heterocycles. The van der Waals surface area contributed by atoms with E-state index in [0.717, 1.165) is 36.0 Å². The largest absolute Gasteiger partial charge is 0.369 e. The summed E-state index contributed by atoms with van der Waals surface area (Å²) >= 11 is 0. The van der Waals surface area contributed by atoms with Crippen molar-refractivity contribution in [2.24, 2.45) is 11.7 Å². The molecule has 0 unspecified atom stereocenters. The van der Waals surface area contributed by atoms with Crippen molar-refractivity contribution < 1.29 is 4.79 Å². The van der Waals surface area contributed by atoms with Crippen LogP contribution in [0.2, 0.25) is 0 Å². The van der Waals surface area contributed by atoms with Crippen LogP contribution in [0.1, 0.15) is 24.8 Å². The molecule has 1 saturated carbocycles. The number of rotatable bonds is 3. The van der Waals surface area contributed by atoms with Gasteiger partial charge in [-0.05, 0) is 43.2 Å². The van der Waals surface area contributed by atoms with E-state index in [1.807, 2.05) is 24.3 Å². The molecule has 3 N–H and O–H groups in total. The molecule has 5 heteroatoms. The van der Waals surface area contributed by atoms with Gasteiger partial charge in [0.05, 0.1) is 23.1 Å². The molecule has 1 aromatic carbocycles. The highest BCUT2D eigenvalue weighted by molar-refractivity contribution is 5.82. The summed E-state index contributed by atoms with van der Waals surface area (Å²) < 4.78 is 0. The van der Waals surface area contributed by atoms with Crippen LogP contribution in [0.3, 0.4) is 0 Å². The van der Waals surface area contributed by atoms with E-state index < -0.39 is 0 Å². The normalized spacial score (nSPS) is 21.1. The van der Waals surface area contributed by atoms with Gasteiger partial charge in [0.1, 0.15) is 5.82 Å². The Balaban J connectivity index is 1.85. The van der Waals surface area contributed by atoms with Crippen molar-refractivity contribution in [1.82, 2.24) is 4.98 Å². The highest BCUT2D eigenvalue weighted by Gasteiger charge is 2.31. The minimum Gasteiger partial charge on any atom is -0.369 e. The third-order valence-electron chi connectivity index (χ3n) is 4.03. The van der Waals surface area contributed by atoms with Gasteiger partial charge in [-0.1, -0.05) is 6.42 Å². The summed E-state index contributed by atoms with van der Waals surface area (Å²) in [6.07, 6.45) is 2.77. The number of nitrogens with one attached hydrogen (secondary N) is 1. The standard InChI is InChI=1S/C16H16N4O/c17-9-10-4-6-13-11(8-10)5-7-15(19-13)20-14-3-1-2-12(14)16(18)21/h4-8,12,14H,1-3H2,(H2,18,21)(H,19,20)/t12-,14-/m0/s1. The molecule has 0 radical (unpaired) electrons. The first-order valence-corrected chi connectivity index (χ1v) is 7.04. The van der Waals surface area contributed by atoms with Crippen molar-refractivity contribution in [3.05, 3.63) is 35.9 Å². The SMILES string of the molecule is N#Cc1ccc2nc(N[C@H]3CCC[C@@H]3C(N)=O)ccc2c1. The number of nitriles is 1. The molecule has 21 heavy (non-hydrogen) atoms. The number of carbonyl (C=O) groups is 1. The lowest BCUT2D eigenvalue weighted by atomic mass is 10.0. The molecule has 2 atom stereocenters. The molecule has 0 bridgehead atoms. The Bertz CT molecular complexity index is 735. The van der Waals surface area contributed by atoms with E-state index in [4.69, 9.17) is 11.0 Å². The quantitative estimate of drug-likeness (QED) is 0.901. The summed E-state index contributed by atoms with van der Waals surface area (Å²) in [7, 11) is 0. The Morgan fingerprint density at radius 3 is 2.95 bits per heavy atom. The Kier molecular flexibility index (Phi) is 3.44. The second kappa shape index (κ2) is 5.41. The van der Waals surface area contributed by atoms with Crippen molar-refractivity contribution in [2.75, 3.05) is 5.32 Å². The number of anilines is 1. The van der Waals surface area contributed by atoms with E-state index >= 15 is 0 Å². The molecule has 106 valence electrons. The lowest BCUT2D eigenvalue weighted by molar-refractivity contribution is -0.121. The minimum absolute atomic E-state index is 0.0610. The van der Waals surface area contributed by atoms with Crippen molar-refractivity contribution in [3.8, 4) is 6.07 Å². The number of carbonyl (C=O) groups excluding carboxylic acids is 1. The van der Waals surface area contributed by atoms with Gasteiger partial charge in [0.2, 0.25) is 5.91 Å². The zero-order valence-corrected chi connectivity index (χ0v) is 11.5. The number of amides is 1. The summed E-state index contributed by atoms with van der Waals surface area (Å²) in [6, 6.07) is 11.4. The number of nitrogens with zero attached hydrogens (tertiary/aromatic N) is 2. The molecule has 1 fully saturated rings. The van der Waals surface area contributed by atoms with E-state index in [2.05, 4.69) is 16.4 Å². The molecule has 2 aromatic rings. The maximum absolute atomic E-state index is 11.4. The maximum Gasteiger partial charge on any atom is 0.222 e. The number of nitrogens with two attached hydrogens (primary N) is 1. The van der Waals surface area contributed by atoms with Gasteiger partial charge >= 0.3 is 0 Å². The smallest absolute Gasteiger partial charge is 0.222 e. The molecule has 0 spiro atoms. The number of primary amides is 1. The van der Waals surface area contributed by atoms with Crippen LogP contribution in [0, 0.1) is 17.2 Å². The minimum atomic E-state index is -0.246. The summed E-state index contributed by atoms with van der Waals surface area (Å²) in [6.45, 7) is 0. The van der Waals surface area contributed by atoms with Crippen LogP contribution in [0.5, 0.6) is 0 Å². The monoisotopic (exact) mass is 280 g/mol. The molecule has 1 amide bonds. The Hall–Kier alpha value is -2.61. The summed E-state index contributed by atoms with van der Waals surface area (Å²) in [4.78, 5) is 16.0. The molecule has 1 heterocycles. The Labute approximate surface area is 122 Å². The highest BCUT2D eigenvalue weighted by Crippen LogP contribution is 2.28. The zero-order valence-electron chi connectivity index (χ0n) is 11.5. The first-order chi connectivity index (χ1) is 10.2. The van der Waals surface area contributed by atoms with Gasteiger partial charge in [-0.25, -0.2) is 4.98 Å². The fourth-order valence-electron chi connectivity index (χ4n) is 2.94. The van der Waals surface area contributed by atoms with Crippen LogP contribution in [-0.4, -0.2) is 16.9 Å². The molecule has 1 aromatic heterocycles. The number of aromatic nitrogens is 1. The van der Waals surface area contributed by atoms with Crippen molar-refractivity contribution >= 4 is 22.6 Å². The topological polar surface area (TPSA) is 91.8 Å². The van der Waals surface area contributed by atoms with Crippen molar-refractivity contribution in [1.29, 1.82) is 5.26 Å². The fraction of sp³-hybridized carbons (Fsp3) is 0.312. The van der Waals surface area contributed by atoms with E-state index in [0.29, 0.717) is 5.56 Å². The lowest BCUT2D eigenvalue weighted by Gasteiger charge is -2.19. The molecular weight excluding hydrogens is 264 g/mol. The average Bonchev–Trinajstić information content (AvgIpc) is 2.95. The van der Waals surface area contributed by atoms with Crippen LogP contribution in [0.4, 0.5) is 5.82 Å². The Morgan fingerprint density at radius 1 is 1.33 bits per heavy atom. The number of fused-ring (bicyclic) bond motifs is 1. The van der Waals surface area contributed by atoms with Crippen LogP contribution in [-0.2, 0) is 4.79 Å². The van der Waals surface area contributed by atoms with Gasteiger partial charge in [0, 0.05) is 11.4 Å². The second-order valence-corrected chi connectivity index (χ2v) is 5.41. The van der Waals surface area contributed by atoms with Gasteiger partial charge in [-0.3, -0.25) is 4.79 Å². The van der Waals surface area contributed by atoms with E-state index in [-0.39, 0.29) is 17.9 Å². The van der Waals surface area contributed by atoms with Crippen molar-refractivity contribution in [3.63, 3.8) is 0 Å². The van der Waals surface area contributed by atoms with Gasteiger partial charge in [0.15, 0.2) is 0 Å². The fourth-order valence-corrected chi connectivity index (χ4v) is 2.94. The third-order valence-corrected chi connectivity index (χ3v) is 4.03. The number of pyridine rings is 1. The summed E-state index contributed by atoms with van der Waals surface area (Å²) in [5.74, 6) is 0.373. The summed E-state index contributed by atoms with van der Waals surface area (Å²) in [5.41, 5.74) is 6.88. The molecular formula is C16H16N4O. The van der Waals surface area contributed by atoms with E-state index in [9.17, 15) is 4.79 Å². The molecule has 3 rings (SSSR count). The molecule has 5 nitrogen and oxygen atoms in total. The average molecular weight is 280 g/mol. The highest BCUT2D eigenvalue weighted by atomic mass is 16.1. The predicted molar refractivity (Wildman–Crippen MR) is 80.4 cm³/mol.